The van der Waals surface area contributed by atoms with Crippen molar-refractivity contribution in [2.75, 3.05) is 0 Å². The zero-order chi connectivity index (χ0) is 9.94. The van der Waals surface area contributed by atoms with Gasteiger partial charge in [-0.1, -0.05) is 13.8 Å². The third-order valence-electron chi connectivity index (χ3n) is 0.984. The van der Waals surface area contributed by atoms with E-state index in [1.165, 1.54) is 19.2 Å². The first-order chi connectivity index (χ1) is 5.25. The molecule has 2 N–H and O–H groups in total. The van der Waals surface area contributed by atoms with Gasteiger partial charge in [-0.15, -0.1) is 0 Å². The molecule has 0 aromatic rings. The molecule has 0 saturated carbocycles. The lowest BCUT2D eigenvalue weighted by atomic mass is 10.2. The predicted molar refractivity (Wildman–Crippen MR) is 39.9 cm³/mol. The zero-order valence-electron chi connectivity index (χ0n) is 6.57. The van der Waals surface area contributed by atoms with Crippen LogP contribution in [-0.2, 0) is 14.9 Å². The van der Waals surface area contributed by atoms with Gasteiger partial charge in [0.25, 0.3) is 0 Å². The summed E-state index contributed by atoms with van der Waals surface area (Å²) in [6, 6.07) is 0. The predicted octanol–water partition coefficient (Wildman–Crippen LogP) is -0.234. The van der Waals surface area contributed by atoms with Gasteiger partial charge in [0.15, 0.2) is 0 Å². The molecule has 2 amide bonds. The van der Waals surface area contributed by atoms with Gasteiger partial charge in [0.1, 0.15) is 0 Å². The van der Waals surface area contributed by atoms with E-state index in [9.17, 15) is 18.0 Å². The topological polar surface area (TPSA) is 101 Å². The Morgan fingerprint density at radius 1 is 1.33 bits per heavy atom. The normalized spacial score (nSPS) is 11.3. The minimum atomic E-state index is -4.80. The molecule has 0 aromatic carbocycles. The Labute approximate surface area is 69.7 Å². The first-order valence-corrected chi connectivity index (χ1v) is 4.51. The fraction of sp³-hybridized carbons (Fsp3) is 0.600. The quantitative estimate of drug-likeness (QED) is 0.562. The molecule has 70 valence electrons. The Morgan fingerprint density at radius 3 is 2.00 bits per heavy atom. The van der Waals surface area contributed by atoms with Crippen molar-refractivity contribution >= 4 is 21.3 Å². The largest absolute Gasteiger partial charge is 0.370 e. The van der Waals surface area contributed by atoms with Gasteiger partial charge in [0, 0.05) is 5.92 Å². The van der Waals surface area contributed by atoms with Crippen molar-refractivity contribution in [1.29, 1.82) is 0 Å². The van der Waals surface area contributed by atoms with Crippen molar-refractivity contribution < 1.29 is 22.6 Å². The van der Waals surface area contributed by atoms with E-state index in [1.807, 2.05) is 0 Å². The van der Waals surface area contributed by atoms with Crippen LogP contribution < -0.4 is 5.32 Å². The second-order valence-corrected chi connectivity index (χ2v) is 3.73. The van der Waals surface area contributed by atoms with E-state index >= 15 is 0 Å². The second kappa shape index (κ2) is 3.63. The SMILES string of the molecule is CC(C)C(=O)NC(=O)S(=O)(=O)O. The Morgan fingerprint density at radius 2 is 1.75 bits per heavy atom. The third kappa shape index (κ3) is 3.44. The van der Waals surface area contributed by atoms with Crippen molar-refractivity contribution in [3.63, 3.8) is 0 Å². The monoisotopic (exact) mass is 195 g/mol. The molecule has 0 spiro atoms. The number of amides is 2. The summed E-state index contributed by atoms with van der Waals surface area (Å²) in [5.74, 6) is -1.27. The van der Waals surface area contributed by atoms with Crippen LogP contribution in [0.2, 0.25) is 0 Å². The van der Waals surface area contributed by atoms with Crippen LogP contribution in [0.25, 0.3) is 0 Å². The van der Waals surface area contributed by atoms with Crippen molar-refractivity contribution in [3.8, 4) is 0 Å². The number of nitrogens with one attached hydrogen (secondary N) is 1. The maximum absolute atomic E-state index is 10.7. The maximum atomic E-state index is 10.7. The molecule has 6 nitrogen and oxygen atoms in total. The minimum absolute atomic E-state index is 0.518. The highest BCUT2D eigenvalue weighted by Gasteiger charge is 2.21. The van der Waals surface area contributed by atoms with Gasteiger partial charge >= 0.3 is 15.4 Å². The smallest absolute Gasteiger partial charge is 0.281 e. The van der Waals surface area contributed by atoms with E-state index in [1.54, 1.807) is 0 Å². The van der Waals surface area contributed by atoms with Gasteiger partial charge in [0.05, 0.1) is 0 Å². The second-order valence-electron chi connectivity index (χ2n) is 2.41. The third-order valence-corrected chi connectivity index (χ3v) is 1.55. The van der Waals surface area contributed by atoms with Crippen LogP contribution >= 0.6 is 0 Å². The van der Waals surface area contributed by atoms with Crippen LogP contribution in [0.4, 0.5) is 4.79 Å². The molecular weight excluding hydrogens is 186 g/mol. The lowest BCUT2D eigenvalue weighted by molar-refractivity contribution is -0.122. The molecule has 0 fully saturated rings. The number of carbonyl (C=O) groups excluding carboxylic acids is 2. The number of rotatable bonds is 1. The molecule has 0 aliphatic heterocycles. The fourth-order valence-corrected chi connectivity index (χ4v) is 0.539. The van der Waals surface area contributed by atoms with Crippen molar-refractivity contribution in [2.45, 2.75) is 13.8 Å². The highest BCUT2D eigenvalue weighted by Crippen LogP contribution is 1.92. The zero-order valence-corrected chi connectivity index (χ0v) is 7.38. The molecular formula is C5H9NO5S. The molecule has 0 rings (SSSR count). The summed E-state index contributed by atoms with van der Waals surface area (Å²) in [7, 11) is -4.80. The molecule has 0 aromatic heterocycles. The van der Waals surface area contributed by atoms with Crippen LogP contribution in [-0.4, -0.2) is 24.1 Å². The summed E-state index contributed by atoms with van der Waals surface area (Å²) < 4.78 is 28.3. The molecule has 0 bridgehead atoms. The van der Waals surface area contributed by atoms with E-state index in [2.05, 4.69) is 0 Å². The van der Waals surface area contributed by atoms with Crippen molar-refractivity contribution in [2.24, 2.45) is 5.92 Å². The number of carbonyl (C=O) groups is 2. The fourth-order valence-electron chi connectivity index (χ4n) is 0.309. The number of hydrogen-bond donors (Lipinski definition) is 2. The summed E-state index contributed by atoms with van der Waals surface area (Å²) in [4.78, 5) is 21.1. The maximum Gasteiger partial charge on any atom is 0.370 e. The molecule has 0 unspecified atom stereocenters. The number of hydrogen-bond acceptors (Lipinski definition) is 4. The lowest BCUT2D eigenvalue weighted by Gasteiger charge is -2.02. The summed E-state index contributed by atoms with van der Waals surface area (Å²) in [5.41, 5.74) is 0. The van der Waals surface area contributed by atoms with Crippen LogP contribution in [0.5, 0.6) is 0 Å². The molecule has 7 heteroatoms. The van der Waals surface area contributed by atoms with E-state index < -0.39 is 27.2 Å². The number of imide groups is 1. The first-order valence-electron chi connectivity index (χ1n) is 3.07. The van der Waals surface area contributed by atoms with Crippen LogP contribution in [0, 0.1) is 5.92 Å². The van der Waals surface area contributed by atoms with E-state index in [0.29, 0.717) is 0 Å². The summed E-state index contributed by atoms with van der Waals surface area (Å²) in [6.07, 6.45) is 0. The van der Waals surface area contributed by atoms with E-state index in [0.717, 1.165) is 0 Å². The molecule has 0 atom stereocenters. The average molecular weight is 195 g/mol. The summed E-state index contributed by atoms with van der Waals surface area (Å²) in [5, 5.41) is -0.190. The van der Waals surface area contributed by atoms with E-state index in [4.69, 9.17) is 4.55 Å². The van der Waals surface area contributed by atoms with Gasteiger partial charge in [-0.2, -0.15) is 8.42 Å². The molecule has 0 saturated heterocycles. The lowest BCUT2D eigenvalue weighted by Crippen LogP contribution is -2.36. The molecule has 0 aliphatic rings. The highest BCUT2D eigenvalue weighted by atomic mass is 32.2. The van der Waals surface area contributed by atoms with Crippen LogP contribution in [0.3, 0.4) is 0 Å². The van der Waals surface area contributed by atoms with E-state index in [-0.39, 0.29) is 0 Å². The van der Waals surface area contributed by atoms with Gasteiger partial charge < -0.3 is 0 Å². The summed E-state index contributed by atoms with van der Waals surface area (Å²) >= 11 is 0. The summed E-state index contributed by atoms with van der Waals surface area (Å²) in [6.45, 7) is 2.96. The van der Waals surface area contributed by atoms with Gasteiger partial charge in [-0.25, -0.2) is 0 Å². The first kappa shape index (κ1) is 11.1. The average Bonchev–Trinajstić information content (AvgIpc) is 1.85. The molecule has 0 aliphatic carbocycles. The van der Waals surface area contributed by atoms with Crippen molar-refractivity contribution in [1.82, 2.24) is 5.32 Å². The van der Waals surface area contributed by atoms with Crippen LogP contribution in [0.15, 0.2) is 0 Å². The van der Waals surface area contributed by atoms with Crippen LogP contribution in [0.1, 0.15) is 13.8 Å². The van der Waals surface area contributed by atoms with Gasteiger partial charge in [-0.3, -0.25) is 19.5 Å². The Balaban J connectivity index is 4.32. The Bertz CT molecular complexity index is 291. The standard InChI is InChI=1S/C5H9NO5S/c1-3(2)4(7)6-5(8)12(9,10)11/h3H,1-2H3,(H,6,7,8)(H,9,10,11). The minimum Gasteiger partial charge on any atom is -0.281 e. The molecule has 0 radical (unpaired) electrons. The van der Waals surface area contributed by atoms with Gasteiger partial charge in [-0.05, 0) is 0 Å². The molecule has 12 heavy (non-hydrogen) atoms. The van der Waals surface area contributed by atoms with Crippen molar-refractivity contribution in [3.05, 3.63) is 0 Å². The van der Waals surface area contributed by atoms with Gasteiger partial charge in [0.2, 0.25) is 5.91 Å². The Kier molecular flexibility index (Phi) is 3.35. The Hall–Kier alpha value is -0.950. The highest BCUT2D eigenvalue weighted by molar-refractivity contribution is 8.01. The molecule has 0 heterocycles.